The Morgan fingerprint density at radius 1 is 1.16 bits per heavy atom. The van der Waals surface area contributed by atoms with Gasteiger partial charge in [-0.2, -0.15) is 0 Å². The Labute approximate surface area is 153 Å². The molecule has 0 fully saturated rings. The number of hydrogen-bond donors (Lipinski definition) is 2. The number of anilines is 1. The van der Waals surface area contributed by atoms with Crippen molar-refractivity contribution in [2.24, 2.45) is 0 Å². The highest BCUT2D eigenvalue weighted by atomic mass is 35.5. The first-order chi connectivity index (χ1) is 12.0. The van der Waals surface area contributed by atoms with E-state index >= 15 is 0 Å². The van der Waals surface area contributed by atoms with Gasteiger partial charge in [0.05, 0.1) is 0 Å². The molecule has 0 spiro atoms. The molecule has 6 nitrogen and oxygen atoms in total. The van der Waals surface area contributed by atoms with Crippen molar-refractivity contribution in [2.45, 2.75) is 12.8 Å². The van der Waals surface area contributed by atoms with E-state index < -0.39 is 0 Å². The maximum atomic E-state index is 12.1. The molecule has 134 valence electrons. The highest BCUT2D eigenvalue weighted by Crippen LogP contribution is 2.10. The lowest BCUT2D eigenvalue weighted by molar-refractivity contribution is 0.0947. The minimum atomic E-state index is -0.179. The van der Waals surface area contributed by atoms with Crippen LogP contribution in [-0.4, -0.2) is 54.5 Å². The van der Waals surface area contributed by atoms with Crippen LogP contribution in [0, 0.1) is 0 Å². The summed E-state index contributed by atoms with van der Waals surface area (Å²) in [6, 6.07) is 9.33. The Bertz CT molecular complexity index is 675. The van der Waals surface area contributed by atoms with Gasteiger partial charge in [0.25, 0.3) is 5.91 Å². The topological polar surface area (TPSA) is 70.2 Å². The Kier molecular flexibility index (Phi) is 7.63. The molecule has 2 aromatic rings. The summed E-state index contributed by atoms with van der Waals surface area (Å²) in [6.45, 7) is 2.23. The smallest absolute Gasteiger partial charge is 0.270 e. The first kappa shape index (κ1) is 19.1. The lowest BCUT2D eigenvalue weighted by Crippen LogP contribution is -2.28. The zero-order valence-corrected chi connectivity index (χ0v) is 15.4. The van der Waals surface area contributed by atoms with Crippen LogP contribution in [0.5, 0.6) is 0 Å². The van der Waals surface area contributed by atoms with Crippen molar-refractivity contribution in [2.75, 3.05) is 39.0 Å². The van der Waals surface area contributed by atoms with Crippen LogP contribution >= 0.6 is 11.6 Å². The van der Waals surface area contributed by atoms with Crippen molar-refractivity contribution >= 4 is 23.5 Å². The average Bonchev–Trinajstić information content (AvgIpc) is 2.60. The number of rotatable bonds is 9. The highest BCUT2D eigenvalue weighted by molar-refractivity contribution is 6.30. The van der Waals surface area contributed by atoms with E-state index in [0.717, 1.165) is 24.4 Å². The second-order valence-corrected chi connectivity index (χ2v) is 6.42. The molecule has 7 heteroatoms. The van der Waals surface area contributed by atoms with Crippen LogP contribution in [0.25, 0.3) is 0 Å². The highest BCUT2D eigenvalue weighted by Gasteiger charge is 2.08. The number of nitrogens with zero attached hydrogens (tertiary/aromatic N) is 3. The molecular formula is C18H24ClN5O. The molecule has 1 amide bonds. The second kappa shape index (κ2) is 9.96. The van der Waals surface area contributed by atoms with E-state index in [1.54, 1.807) is 12.3 Å². The SMILES string of the molecule is CN(C)CCCNC(=O)c1ccnc(NCCc2ccc(Cl)cc2)n1. The van der Waals surface area contributed by atoms with Gasteiger partial charge in [-0.25, -0.2) is 9.97 Å². The number of aromatic nitrogens is 2. The number of carbonyl (C=O) groups excluding carboxylic acids is 1. The number of carbonyl (C=O) groups is 1. The molecule has 0 saturated carbocycles. The summed E-state index contributed by atoms with van der Waals surface area (Å²) in [5, 5.41) is 6.74. The molecule has 0 unspecified atom stereocenters. The van der Waals surface area contributed by atoms with Crippen LogP contribution in [-0.2, 0) is 6.42 Å². The van der Waals surface area contributed by atoms with Gasteiger partial charge in [-0.1, -0.05) is 23.7 Å². The first-order valence-corrected chi connectivity index (χ1v) is 8.66. The van der Waals surface area contributed by atoms with E-state index in [4.69, 9.17) is 11.6 Å². The van der Waals surface area contributed by atoms with E-state index in [-0.39, 0.29) is 5.91 Å². The van der Waals surface area contributed by atoms with Crippen molar-refractivity contribution in [3.63, 3.8) is 0 Å². The van der Waals surface area contributed by atoms with Crippen LogP contribution in [0.15, 0.2) is 36.5 Å². The van der Waals surface area contributed by atoms with Crippen molar-refractivity contribution < 1.29 is 4.79 Å². The van der Waals surface area contributed by atoms with E-state index in [2.05, 4.69) is 25.5 Å². The van der Waals surface area contributed by atoms with E-state index in [1.807, 2.05) is 38.4 Å². The molecule has 0 aliphatic carbocycles. The van der Waals surface area contributed by atoms with Gasteiger partial charge in [0.15, 0.2) is 0 Å². The molecule has 0 aliphatic heterocycles. The van der Waals surface area contributed by atoms with Gasteiger partial charge >= 0.3 is 0 Å². The first-order valence-electron chi connectivity index (χ1n) is 8.29. The maximum Gasteiger partial charge on any atom is 0.270 e. The summed E-state index contributed by atoms with van der Waals surface area (Å²) >= 11 is 5.87. The Balaban J connectivity index is 1.79. The lowest BCUT2D eigenvalue weighted by atomic mass is 10.1. The van der Waals surface area contributed by atoms with Gasteiger partial charge in [0.1, 0.15) is 5.69 Å². The van der Waals surface area contributed by atoms with Crippen molar-refractivity contribution in [3.8, 4) is 0 Å². The molecule has 1 heterocycles. The predicted molar refractivity (Wildman–Crippen MR) is 101 cm³/mol. The molecule has 25 heavy (non-hydrogen) atoms. The predicted octanol–water partition coefficient (Wildman–Crippen LogP) is 2.47. The fourth-order valence-electron chi connectivity index (χ4n) is 2.23. The maximum absolute atomic E-state index is 12.1. The van der Waals surface area contributed by atoms with Crippen LogP contribution in [0.4, 0.5) is 5.95 Å². The monoisotopic (exact) mass is 361 g/mol. The zero-order valence-electron chi connectivity index (χ0n) is 14.6. The van der Waals surface area contributed by atoms with Gasteiger partial charge in [0, 0.05) is 24.3 Å². The molecule has 0 bridgehead atoms. The van der Waals surface area contributed by atoms with Crippen LogP contribution in [0.1, 0.15) is 22.5 Å². The average molecular weight is 362 g/mol. The Morgan fingerprint density at radius 2 is 1.92 bits per heavy atom. The fraction of sp³-hybridized carbons (Fsp3) is 0.389. The summed E-state index contributed by atoms with van der Waals surface area (Å²) in [5.74, 6) is 0.275. The van der Waals surface area contributed by atoms with Crippen molar-refractivity contribution in [1.82, 2.24) is 20.2 Å². The van der Waals surface area contributed by atoms with Crippen LogP contribution < -0.4 is 10.6 Å². The van der Waals surface area contributed by atoms with E-state index in [1.165, 1.54) is 5.56 Å². The Hall–Kier alpha value is -2.18. The third kappa shape index (κ3) is 7.07. The van der Waals surface area contributed by atoms with Crippen LogP contribution in [0.2, 0.25) is 5.02 Å². The normalized spacial score (nSPS) is 10.7. The number of benzene rings is 1. The minimum Gasteiger partial charge on any atom is -0.354 e. The molecule has 0 radical (unpaired) electrons. The molecule has 0 saturated heterocycles. The van der Waals surface area contributed by atoms with Gasteiger partial charge in [-0.05, 0) is 57.2 Å². The van der Waals surface area contributed by atoms with Crippen molar-refractivity contribution in [1.29, 1.82) is 0 Å². The van der Waals surface area contributed by atoms with Gasteiger partial charge in [-0.3, -0.25) is 4.79 Å². The molecular weight excluding hydrogens is 338 g/mol. The summed E-state index contributed by atoms with van der Waals surface area (Å²) in [7, 11) is 4.02. The van der Waals surface area contributed by atoms with E-state index in [0.29, 0.717) is 24.7 Å². The van der Waals surface area contributed by atoms with Crippen molar-refractivity contribution in [3.05, 3.63) is 52.8 Å². The third-order valence-corrected chi connectivity index (χ3v) is 3.82. The summed E-state index contributed by atoms with van der Waals surface area (Å²) in [4.78, 5) is 22.6. The number of amides is 1. The molecule has 2 rings (SSSR count). The van der Waals surface area contributed by atoms with Gasteiger partial charge < -0.3 is 15.5 Å². The number of hydrogen-bond acceptors (Lipinski definition) is 5. The lowest BCUT2D eigenvalue weighted by Gasteiger charge is -2.10. The van der Waals surface area contributed by atoms with Gasteiger partial charge in [0.2, 0.25) is 5.95 Å². The minimum absolute atomic E-state index is 0.179. The number of nitrogens with one attached hydrogen (secondary N) is 2. The standard InChI is InChI=1S/C18H24ClN5O/c1-24(2)13-3-10-20-17(25)16-9-12-22-18(23-16)21-11-8-14-4-6-15(19)7-5-14/h4-7,9,12H,3,8,10-11,13H2,1-2H3,(H,20,25)(H,21,22,23). The molecule has 0 atom stereocenters. The third-order valence-electron chi connectivity index (χ3n) is 3.57. The fourth-order valence-corrected chi connectivity index (χ4v) is 2.35. The second-order valence-electron chi connectivity index (χ2n) is 5.98. The Morgan fingerprint density at radius 3 is 2.64 bits per heavy atom. The largest absolute Gasteiger partial charge is 0.354 e. The summed E-state index contributed by atoms with van der Waals surface area (Å²) in [5.41, 5.74) is 1.54. The molecule has 2 N–H and O–H groups in total. The molecule has 1 aromatic heterocycles. The zero-order chi connectivity index (χ0) is 18.1. The number of halogens is 1. The summed E-state index contributed by atoms with van der Waals surface area (Å²) in [6.07, 6.45) is 3.31. The quantitative estimate of drug-likeness (QED) is 0.671. The molecule has 1 aromatic carbocycles. The van der Waals surface area contributed by atoms with E-state index in [9.17, 15) is 4.79 Å². The van der Waals surface area contributed by atoms with Crippen LogP contribution in [0.3, 0.4) is 0 Å². The summed E-state index contributed by atoms with van der Waals surface area (Å²) < 4.78 is 0. The van der Waals surface area contributed by atoms with Gasteiger partial charge in [-0.15, -0.1) is 0 Å². The molecule has 0 aliphatic rings.